The van der Waals surface area contributed by atoms with Crippen LogP contribution in [0.15, 0.2) is 22.6 Å². The summed E-state index contributed by atoms with van der Waals surface area (Å²) in [7, 11) is 4.70. The van der Waals surface area contributed by atoms with Gasteiger partial charge in [-0.1, -0.05) is 0 Å². The Morgan fingerprint density at radius 2 is 1.68 bits per heavy atom. The summed E-state index contributed by atoms with van der Waals surface area (Å²) < 4.78 is 21.6. The van der Waals surface area contributed by atoms with Crippen molar-refractivity contribution in [1.82, 2.24) is 20.4 Å². The molecule has 0 aliphatic carbocycles. The van der Waals surface area contributed by atoms with Crippen molar-refractivity contribution in [2.45, 2.75) is 6.92 Å². The average Bonchev–Trinajstić information content (AvgIpc) is 3.27. The molecule has 0 bridgehead atoms. The third kappa shape index (κ3) is 3.47. The molecule has 2 heterocycles. The number of hydrogen-bond acceptors (Lipinski definition) is 7. The summed E-state index contributed by atoms with van der Waals surface area (Å²) in [6.07, 6.45) is 3.52. The molecule has 1 aromatic carbocycles. The first-order valence-corrected chi connectivity index (χ1v) is 7.48. The summed E-state index contributed by atoms with van der Waals surface area (Å²) in [5.74, 6) is 2.40. The normalized spacial score (nSPS) is 11.0. The minimum absolute atomic E-state index is 0.355. The lowest BCUT2D eigenvalue weighted by molar-refractivity contribution is 0.324. The maximum atomic E-state index is 5.58. The van der Waals surface area contributed by atoms with Crippen LogP contribution in [0.4, 0.5) is 0 Å². The Hall–Kier alpha value is -3.29. The minimum Gasteiger partial charge on any atom is -0.493 e. The second-order valence-corrected chi connectivity index (χ2v) is 5.17. The number of H-pyrrole nitrogens is 1. The van der Waals surface area contributed by atoms with Gasteiger partial charge in [0, 0.05) is 11.8 Å². The van der Waals surface area contributed by atoms with Gasteiger partial charge in [0.25, 0.3) is 5.89 Å². The molecule has 0 fully saturated rings. The second kappa shape index (κ2) is 7.08. The number of benzene rings is 1. The zero-order valence-electron chi connectivity index (χ0n) is 14.4. The van der Waals surface area contributed by atoms with Gasteiger partial charge in [-0.2, -0.15) is 5.10 Å². The number of aryl methyl sites for hydroxylation is 1. The number of nitrogens with zero attached hydrogens (tertiary/aromatic N) is 3. The number of nitrogens with one attached hydrogen (secondary N) is 1. The Kier molecular flexibility index (Phi) is 4.69. The topological polar surface area (TPSA) is 95.3 Å². The van der Waals surface area contributed by atoms with Crippen LogP contribution < -0.4 is 14.2 Å². The molecule has 0 unspecified atom stereocenters. The molecule has 8 nitrogen and oxygen atoms in total. The van der Waals surface area contributed by atoms with Gasteiger partial charge in [-0.15, -0.1) is 10.2 Å². The van der Waals surface area contributed by atoms with Crippen molar-refractivity contribution in [3.05, 3.63) is 35.3 Å². The predicted molar refractivity (Wildman–Crippen MR) is 91.6 cm³/mol. The highest BCUT2D eigenvalue weighted by molar-refractivity contribution is 5.70. The highest BCUT2D eigenvalue weighted by atomic mass is 16.5. The maximum Gasteiger partial charge on any atom is 0.268 e. The summed E-state index contributed by atoms with van der Waals surface area (Å²) in [5, 5.41) is 14.9. The minimum atomic E-state index is 0.355. The second-order valence-electron chi connectivity index (χ2n) is 5.17. The van der Waals surface area contributed by atoms with E-state index >= 15 is 0 Å². The van der Waals surface area contributed by atoms with Gasteiger partial charge in [0.2, 0.25) is 11.6 Å². The number of methoxy groups -OCH3 is 3. The van der Waals surface area contributed by atoms with Crippen LogP contribution in [0.1, 0.15) is 17.1 Å². The maximum absolute atomic E-state index is 5.58. The van der Waals surface area contributed by atoms with E-state index in [1.54, 1.807) is 27.4 Å². The fourth-order valence-corrected chi connectivity index (χ4v) is 2.30. The van der Waals surface area contributed by atoms with Crippen LogP contribution in [-0.2, 0) is 0 Å². The van der Waals surface area contributed by atoms with Gasteiger partial charge in [0.05, 0.1) is 21.3 Å². The first-order chi connectivity index (χ1) is 12.1. The van der Waals surface area contributed by atoms with Gasteiger partial charge >= 0.3 is 0 Å². The van der Waals surface area contributed by atoms with Gasteiger partial charge in [-0.05, 0) is 36.8 Å². The molecule has 2 aromatic heterocycles. The highest BCUT2D eigenvalue weighted by Crippen LogP contribution is 2.38. The molecule has 0 spiro atoms. The van der Waals surface area contributed by atoms with Crippen molar-refractivity contribution >= 4 is 12.2 Å². The number of aromatic nitrogens is 4. The molecule has 0 amide bonds. The lowest BCUT2D eigenvalue weighted by Crippen LogP contribution is -1.95. The van der Waals surface area contributed by atoms with E-state index < -0.39 is 0 Å². The molecule has 0 saturated heterocycles. The van der Waals surface area contributed by atoms with E-state index in [1.807, 2.05) is 31.2 Å². The zero-order valence-corrected chi connectivity index (χ0v) is 14.4. The lowest BCUT2D eigenvalue weighted by Gasteiger charge is -2.12. The standard InChI is InChI=1S/C17H18N4O4/c1-10-7-12(19-18-10)17-21-20-15(25-17)6-5-11-8-13(22-2)16(24-4)14(9-11)23-3/h5-9H,1-4H3,(H,18,19)/b6-5+. The van der Waals surface area contributed by atoms with Crippen molar-refractivity contribution in [2.75, 3.05) is 21.3 Å². The van der Waals surface area contributed by atoms with Crippen molar-refractivity contribution in [3.8, 4) is 28.8 Å². The molecule has 1 N–H and O–H groups in total. The molecule has 0 radical (unpaired) electrons. The summed E-state index contributed by atoms with van der Waals surface area (Å²) in [5.41, 5.74) is 2.37. The average molecular weight is 342 g/mol. The molecule has 130 valence electrons. The van der Waals surface area contributed by atoms with Crippen LogP contribution in [0.2, 0.25) is 0 Å². The molecule has 3 rings (SSSR count). The van der Waals surface area contributed by atoms with Crippen LogP contribution >= 0.6 is 0 Å². The van der Waals surface area contributed by atoms with Crippen LogP contribution in [0.25, 0.3) is 23.7 Å². The summed E-state index contributed by atoms with van der Waals surface area (Å²) in [4.78, 5) is 0. The largest absolute Gasteiger partial charge is 0.493 e. The van der Waals surface area contributed by atoms with Crippen LogP contribution in [0.3, 0.4) is 0 Å². The van der Waals surface area contributed by atoms with Gasteiger partial charge in [-0.25, -0.2) is 0 Å². The molecule has 8 heteroatoms. The monoisotopic (exact) mass is 342 g/mol. The summed E-state index contributed by atoms with van der Waals surface area (Å²) in [6, 6.07) is 5.48. The number of aromatic amines is 1. The lowest BCUT2D eigenvalue weighted by atomic mass is 10.1. The third-order valence-electron chi connectivity index (χ3n) is 3.47. The third-order valence-corrected chi connectivity index (χ3v) is 3.47. The van der Waals surface area contributed by atoms with Crippen molar-refractivity contribution in [3.63, 3.8) is 0 Å². The molecule has 0 aliphatic rings. The van der Waals surface area contributed by atoms with E-state index in [4.69, 9.17) is 18.6 Å². The van der Waals surface area contributed by atoms with E-state index in [0.29, 0.717) is 34.7 Å². The van der Waals surface area contributed by atoms with E-state index in [-0.39, 0.29) is 0 Å². The number of rotatable bonds is 6. The van der Waals surface area contributed by atoms with Crippen molar-refractivity contribution < 1.29 is 18.6 Å². The fourth-order valence-electron chi connectivity index (χ4n) is 2.30. The molecule has 25 heavy (non-hydrogen) atoms. The zero-order chi connectivity index (χ0) is 17.8. The first-order valence-electron chi connectivity index (χ1n) is 7.48. The van der Waals surface area contributed by atoms with E-state index in [1.165, 1.54) is 0 Å². The Morgan fingerprint density at radius 1 is 0.960 bits per heavy atom. The molecular formula is C17H18N4O4. The van der Waals surface area contributed by atoms with Gasteiger partial charge in [-0.3, -0.25) is 5.10 Å². The highest BCUT2D eigenvalue weighted by Gasteiger charge is 2.13. The Labute approximate surface area is 144 Å². The first kappa shape index (κ1) is 16.6. The predicted octanol–water partition coefficient (Wildman–Crippen LogP) is 2.96. The Bertz CT molecular complexity index is 873. The van der Waals surface area contributed by atoms with E-state index in [0.717, 1.165) is 11.3 Å². The van der Waals surface area contributed by atoms with Crippen LogP contribution in [-0.4, -0.2) is 41.7 Å². The van der Waals surface area contributed by atoms with E-state index in [9.17, 15) is 0 Å². The molecule has 0 atom stereocenters. The van der Waals surface area contributed by atoms with Crippen molar-refractivity contribution in [1.29, 1.82) is 0 Å². The van der Waals surface area contributed by atoms with Crippen molar-refractivity contribution in [2.24, 2.45) is 0 Å². The molecule has 0 saturated carbocycles. The number of ether oxygens (including phenoxy) is 3. The molecule has 3 aromatic rings. The molecular weight excluding hydrogens is 324 g/mol. The van der Waals surface area contributed by atoms with Crippen LogP contribution in [0.5, 0.6) is 17.2 Å². The fraction of sp³-hybridized carbons (Fsp3) is 0.235. The molecule has 0 aliphatic heterocycles. The van der Waals surface area contributed by atoms with Crippen LogP contribution in [0, 0.1) is 6.92 Å². The smallest absolute Gasteiger partial charge is 0.268 e. The van der Waals surface area contributed by atoms with Gasteiger partial charge in [0.1, 0.15) is 5.69 Å². The Morgan fingerprint density at radius 3 is 2.24 bits per heavy atom. The summed E-state index contributed by atoms with van der Waals surface area (Å²) in [6.45, 7) is 1.90. The summed E-state index contributed by atoms with van der Waals surface area (Å²) >= 11 is 0. The van der Waals surface area contributed by atoms with Gasteiger partial charge in [0.15, 0.2) is 11.5 Å². The number of hydrogen-bond donors (Lipinski definition) is 1. The van der Waals surface area contributed by atoms with Gasteiger partial charge < -0.3 is 18.6 Å². The SMILES string of the molecule is COc1cc(/C=C/c2nnc(-c3cc(C)[nH]n3)o2)cc(OC)c1OC. The Balaban J connectivity index is 1.86. The van der Waals surface area contributed by atoms with E-state index in [2.05, 4.69) is 20.4 Å². The quantitative estimate of drug-likeness (QED) is 0.735.